The zero-order valence-corrected chi connectivity index (χ0v) is 8.88. The number of H-pyrrole nitrogens is 1. The Morgan fingerprint density at radius 1 is 1.33 bits per heavy atom. The lowest BCUT2D eigenvalue weighted by molar-refractivity contribution is 0.920. The second-order valence-electron chi connectivity index (χ2n) is 3.39. The van der Waals surface area contributed by atoms with Crippen LogP contribution in [0.1, 0.15) is 0 Å². The van der Waals surface area contributed by atoms with Crippen LogP contribution in [0.3, 0.4) is 0 Å². The van der Waals surface area contributed by atoms with Crippen molar-refractivity contribution in [1.29, 1.82) is 0 Å². The van der Waals surface area contributed by atoms with Gasteiger partial charge in [0, 0.05) is 12.4 Å². The van der Waals surface area contributed by atoms with Crippen molar-refractivity contribution in [2.24, 2.45) is 7.05 Å². The fourth-order valence-corrected chi connectivity index (χ4v) is 1.96. The van der Waals surface area contributed by atoms with Crippen molar-refractivity contribution in [3.63, 3.8) is 0 Å². The van der Waals surface area contributed by atoms with Crippen LogP contribution in [-0.4, -0.2) is 19.7 Å². The van der Waals surface area contributed by atoms with Crippen molar-refractivity contribution in [3.05, 3.63) is 29.0 Å². The van der Waals surface area contributed by atoms with Gasteiger partial charge in [-0.25, -0.2) is 10.1 Å². The monoisotopic (exact) mass is 216 g/mol. The van der Waals surface area contributed by atoms with Crippen molar-refractivity contribution in [2.75, 3.05) is 0 Å². The Kier molecular flexibility index (Phi) is 1.63. The SMILES string of the molecule is Cn1c2ccccc2c2nc(=S)[nH]nc21. The second-order valence-corrected chi connectivity index (χ2v) is 3.78. The first kappa shape index (κ1) is 8.55. The third kappa shape index (κ3) is 1.10. The molecule has 2 aromatic heterocycles. The van der Waals surface area contributed by atoms with Crippen LogP contribution in [0, 0.1) is 4.77 Å². The average Bonchev–Trinajstić information content (AvgIpc) is 2.54. The van der Waals surface area contributed by atoms with Gasteiger partial charge < -0.3 is 4.57 Å². The molecule has 0 amide bonds. The summed E-state index contributed by atoms with van der Waals surface area (Å²) in [5, 5.41) is 7.98. The van der Waals surface area contributed by atoms with Gasteiger partial charge in [-0.1, -0.05) is 18.2 Å². The Morgan fingerprint density at radius 2 is 2.13 bits per heavy atom. The predicted octanol–water partition coefficient (Wildman–Crippen LogP) is 2.18. The minimum Gasteiger partial charge on any atom is -0.326 e. The summed E-state index contributed by atoms with van der Waals surface area (Å²) in [4.78, 5) is 4.30. The summed E-state index contributed by atoms with van der Waals surface area (Å²) >= 11 is 4.97. The van der Waals surface area contributed by atoms with Crippen LogP contribution >= 0.6 is 12.2 Å². The summed E-state index contributed by atoms with van der Waals surface area (Å²) in [5.74, 6) is 0. The van der Waals surface area contributed by atoms with Crippen LogP contribution in [0.15, 0.2) is 24.3 Å². The molecule has 3 aromatic rings. The summed E-state index contributed by atoms with van der Waals surface area (Å²) in [5.41, 5.74) is 2.79. The maximum atomic E-state index is 4.97. The number of fused-ring (bicyclic) bond motifs is 3. The molecule has 15 heavy (non-hydrogen) atoms. The zero-order valence-electron chi connectivity index (χ0n) is 8.06. The predicted molar refractivity (Wildman–Crippen MR) is 61.2 cm³/mol. The fraction of sp³-hybridized carbons (Fsp3) is 0.100. The van der Waals surface area contributed by atoms with Gasteiger partial charge in [-0.3, -0.25) is 0 Å². The highest BCUT2D eigenvalue weighted by atomic mass is 32.1. The van der Waals surface area contributed by atoms with E-state index in [2.05, 4.69) is 15.2 Å². The van der Waals surface area contributed by atoms with Gasteiger partial charge >= 0.3 is 0 Å². The number of para-hydroxylation sites is 1. The van der Waals surface area contributed by atoms with Gasteiger partial charge in [-0.05, 0) is 18.3 Å². The first-order chi connectivity index (χ1) is 7.27. The molecule has 4 nitrogen and oxygen atoms in total. The highest BCUT2D eigenvalue weighted by molar-refractivity contribution is 7.71. The van der Waals surface area contributed by atoms with Gasteiger partial charge in [0.05, 0.1) is 5.52 Å². The van der Waals surface area contributed by atoms with E-state index >= 15 is 0 Å². The van der Waals surface area contributed by atoms with Gasteiger partial charge in [-0.2, -0.15) is 5.10 Å². The molecular formula is C10H8N4S. The molecule has 2 heterocycles. The molecule has 0 radical (unpaired) electrons. The smallest absolute Gasteiger partial charge is 0.214 e. The first-order valence-corrected chi connectivity index (χ1v) is 4.98. The average molecular weight is 216 g/mol. The van der Waals surface area contributed by atoms with E-state index in [0.717, 1.165) is 22.1 Å². The van der Waals surface area contributed by atoms with E-state index in [0.29, 0.717) is 4.77 Å². The van der Waals surface area contributed by atoms with E-state index in [9.17, 15) is 0 Å². The molecule has 74 valence electrons. The topological polar surface area (TPSA) is 46.5 Å². The molecule has 1 N–H and O–H groups in total. The third-order valence-corrected chi connectivity index (χ3v) is 2.70. The Bertz CT molecular complexity index is 710. The Balaban J connectivity index is 2.70. The lowest BCUT2D eigenvalue weighted by Crippen LogP contribution is -1.93. The summed E-state index contributed by atoms with van der Waals surface area (Å²) in [6, 6.07) is 8.06. The van der Waals surface area contributed by atoms with E-state index in [1.807, 2.05) is 35.9 Å². The molecule has 0 aliphatic heterocycles. The van der Waals surface area contributed by atoms with Gasteiger partial charge in [-0.15, -0.1) is 0 Å². The highest BCUT2D eigenvalue weighted by Gasteiger charge is 2.09. The van der Waals surface area contributed by atoms with Crippen molar-refractivity contribution < 1.29 is 0 Å². The van der Waals surface area contributed by atoms with Crippen LogP contribution in [0.2, 0.25) is 0 Å². The number of hydrogen-bond donors (Lipinski definition) is 1. The van der Waals surface area contributed by atoms with Gasteiger partial charge in [0.25, 0.3) is 0 Å². The largest absolute Gasteiger partial charge is 0.326 e. The molecule has 1 aromatic carbocycles. The minimum atomic E-state index is 0.416. The van der Waals surface area contributed by atoms with E-state index in [-0.39, 0.29) is 0 Å². The summed E-state index contributed by atoms with van der Waals surface area (Å²) in [7, 11) is 1.97. The molecule has 0 aliphatic carbocycles. The van der Waals surface area contributed by atoms with Crippen LogP contribution in [-0.2, 0) is 7.05 Å². The molecule has 0 spiro atoms. The van der Waals surface area contributed by atoms with Gasteiger partial charge in [0.15, 0.2) is 5.65 Å². The molecule has 0 fully saturated rings. The molecule has 0 saturated heterocycles. The number of aryl methyl sites for hydroxylation is 1. The van der Waals surface area contributed by atoms with Crippen molar-refractivity contribution in [2.45, 2.75) is 0 Å². The molecule has 0 aliphatic rings. The lowest BCUT2D eigenvalue weighted by atomic mass is 10.2. The van der Waals surface area contributed by atoms with Crippen molar-refractivity contribution >= 4 is 34.3 Å². The Morgan fingerprint density at radius 3 is 3.00 bits per heavy atom. The summed E-state index contributed by atoms with van der Waals surface area (Å²) in [6.07, 6.45) is 0. The highest BCUT2D eigenvalue weighted by Crippen LogP contribution is 2.23. The van der Waals surface area contributed by atoms with Gasteiger partial charge in [0.1, 0.15) is 5.52 Å². The molecule has 0 saturated carbocycles. The maximum Gasteiger partial charge on any atom is 0.214 e. The maximum absolute atomic E-state index is 4.97. The number of aromatic nitrogens is 4. The van der Waals surface area contributed by atoms with Crippen LogP contribution in [0.4, 0.5) is 0 Å². The Hall–Kier alpha value is -1.75. The second kappa shape index (κ2) is 2.87. The molecular weight excluding hydrogens is 208 g/mol. The summed E-state index contributed by atoms with van der Waals surface area (Å²) < 4.78 is 2.42. The van der Waals surface area contributed by atoms with Crippen molar-refractivity contribution in [1.82, 2.24) is 19.7 Å². The molecule has 0 unspecified atom stereocenters. The van der Waals surface area contributed by atoms with E-state index < -0.39 is 0 Å². The number of nitrogens with one attached hydrogen (secondary N) is 1. The van der Waals surface area contributed by atoms with E-state index in [1.165, 1.54) is 0 Å². The number of aromatic amines is 1. The molecule has 3 rings (SSSR count). The number of benzene rings is 1. The third-order valence-electron chi connectivity index (χ3n) is 2.52. The normalized spacial score (nSPS) is 11.3. The first-order valence-electron chi connectivity index (χ1n) is 4.57. The zero-order chi connectivity index (χ0) is 10.4. The Labute approximate surface area is 90.6 Å². The van der Waals surface area contributed by atoms with Gasteiger partial charge in [0.2, 0.25) is 4.77 Å². The van der Waals surface area contributed by atoms with Crippen LogP contribution < -0.4 is 0 Å². The van der Waals surface area contributed by atoms with E-state index in [1.54, 1.807) is 0 Å². The quantitative estimate of drug-likeness (QED) is 0.586. The van der Waals surface area contributed by atoms with Crippen LogP contribution in [0.5, 0.6) is 0 Å². The summed E-state index contributed by atoms with van der Waals surface area (Å²) in [6.45, 7) is 0. The van der Waals surface area contributed by atoms with Crippen molar-refractivity contribution in [3.8, 4) is 0 Å². The standard InChI is InChI=1S/C10H8N4S/c1-14-7-5-3-2-4-6(7)8-9(14)12-13-10(15)11-8/h2-5H,1H3,(H,11,13,15). The number of hydrogen-bond acceptors (Lipinski definition) is 3. The fourth-order valence-electron chi connectivity index (χ4n) is 1.83. The molecule has 0 atom stereocenters. The number of rotatable bonds is 0. The molecule has 0 bridgehead atoms. The van der Waals surface area contributed by atoms with Crippen LogP contribution in [0.25, 0.3) is 22.1 Å². The van der Waals surface area contributed by atoms with E-state index in [4.69, 9.17) is 12.2 Å². The number of nitrogens with zero attached hydrogens (tertiary/aromatic N) is 3. The minimum absolute atomic E-state index is 0.416. The lowest BCUT2D eigenvalue weighted by Gasteiger charge is -1.94. The molecule has 5 heteroatoms.